The van der Waals surface area contributed by atoms with E-state index in [0.717, 1.165) is 40.1 Å². The molecule has 0 aliphatic rings. The standard InChI is InChI=1S/C26H25N3O3S/c1-3-14-31-21-11-7-19(8-12-21)25(30)29-26(33)27-20-9-5-18(6-10-20)16-24-28-22-15-17(2)4-13-23(22)32-24/h4-13,15H,3,14,16H2,1-2H3,(H2,27,29,30,33). The summed E-state index contributed by atoms with van der Waals surface area (Å²) in [6, 6.07) is 20.7. The van der Waals surface area contributed by atoms with Gasteiger partial charge >= 0.3 is 0 Å². The molecule has 6 nitrogen and oxygen atoms in total. The van der Waals surface area contributed by atoms with E-state index < -0.39 is 0 Å². The highest BCUT2D eigenvalue weighted by atomic mass is 32.1. The van der Waals surface area contributed by atoms with E-state index in [4.69, 9.17) is 21.4 Å². The molecule has 0 fully saturated rings. The summed E-state index contributed by atoms with van der Waals surface area (Å²) >= 11 is 5.29. The van der Waals surface area contributed by atoms with Crippen LogP contribution in [-0.2, 0) is 6.42 Å². The molecular formula is C26H25N3O3S. The van der Waals surface area contributed by atoms with Crippen LogP contribution in [0.1, 0.15) is 40.7 Å². The molecule has 0 aliphatic carbocycles. The fourth-order valence-electron chi connectivity index (χ4n) is 3.30. The van der Waals surface area contributed by atoms with Crippen molar-refractivity contribution >= 4 is 40.0 Å². The lowest BCUT2D eigenvalue weighted by Crippen LogP contribution is -2.34. The van der Waals surface area contributed by atoms with Gasteiger partial charge in [0.1, 0.15) is 11.3 Å². The number of fused-ring (bicyclic) bond motifs is 1. The minimum Gasteiger partial charge on any atom is -0.494 e. The Hall–Kier alpha value is -3.71. The second-order valence-electron chi connectivity index (χ2n) is 7.73. The number of amides is 1. The predicted molar refractivity (Wildman–Crippen MR) is 134 cm³/mol. The SMILES string of the molecule is CCCOc1ccc(C(=O)NC(=S)Nc2ccc(Cc3nc4cc(C)ccc4o3)cc2)cc1. The number of ether oxygens (including phenoxy) is 1. The molecule has 1 amide bonds. The summed E-state index contributed by atoms with van der Waals surface area (Å²) in [6.07, 6.45) is 1.52. The number of nitrogens with one attached hydrogen (secondary N) is 2. The van der Waals surface area contributed by atoms with Crippen LogP contribution in [0.3, 0.4) is 0 Å². The minimum absolute atomic E-state index is 0.230. The molecule has 33 heavy (non-hydrogen) atoms. The number of oxazole rings is 1. The maximum Gasteiger partial charge on any atom is 0.257 e. The van der Waals surface area contributed by atoms with E-state index in [1.807, 2.05) is 56.3 Å². The normalized spacial score (nSPS) is 10.7. The minimum atomic E-state index is -0.280. The van der Waals surface area contributed by atoms with E-state index >= 15 is 0 Å². The van der Waals surface area contributed by atoms with Gasteiger partial charge in [-0.25, -0.2) is 4.98 Å². The maximum absolute atomic E-state index is 12.4. The number of thiocarbonyl (C=S) groups is 1. The highest BCUT2D eigenvalue weighted by Gasteiger charge is 2.10. The summed E-state index contributed by atoms with van der Waals surface area (Å²) in [5.74, 6) is 1.13. The Morgan fingerprint density at radius 2 is 1.82 bits per heavy atom. The van der Waals surface area contributed by atoms with Crippen molar-refractivity contribution in [3.63, 3.8) is 0 Å². The molecule has 0 aliphatic heterocycles. The Morgan fingerprint density at radius 1 is 1.06 bits per heavy atom. The van der Waals surface area contributed by atoms with Crippen molar-refractivity contribution in [2.45, 2.75) is 26.7 Å². The van der Waals surface area contributed by atoms with E-state index in [1.165, 1.54) is 0 Å². The van der Waals surface area contributed by atoms with Crippen molar-refractivity contribution in [1.82, 2.24) is 10.3 Å². The van der Waals surface area contributed by atoms with E-state index in [9.17, 15) is 4.79 Å². The Bertz CT molecular complexity index is 1260. The quantitative estimate of drug-likeness (QED) is 0.348. The third-order valence-electron chi connectivity index (χ3n) is 4.97. The lowest BCUT2D eigenvalue weighted by Gasteiger charge is -2.10. The molecular weight excluding hydrogens is 434 g/mol. The third kappa shape index (κ3) is 5.96. The van der Waals surface area contributed by atoms with Crippen LogP contribution in [0.25, 0.3) is 11.1 Å². The van der Waals surface area contributed by atoms with Crippen molar-refractivity contribution in [3.8, 4) is 5.75 Å². The van der Waals surface area contributed by atoms with E-state index in [0.29, 0.717) is 24.5 Å². The monoisotopic (exact) mass is 459 g/mol. The van der Waals surface area contributed by atoms with Gasteiger partial charge < -0.3 is 14.5 Å². The van der Waals surface area contributed by atoms with E-state index in [1.54, 1.807) is 24.3 Å². The molecule has 0 saturated heterocycles. The van der Waals surface area contributed by atoms with E-state index in [2.05, 4.69) is 15.6 Å². The number of rotatable bonds is 7. The fourth-order valence-corrected chi connectivity index (χ4v) is 3.51. The third-order valence-corrected chi connectivity index (χ3v) is 5.18. The average Bonchev–Trinajstić information content (AvgIpc) is 3.20. The van der Waals surface area contributed by atoms with E-state index in [-0.39, 0.29) is 11.0 Å². The van der Waals surface area contributed by atoms with Gasteiger partial charge in [0.05, 0.1) is 6.61 Å². The molecule has 7 heteroatoms. The Balaban J connectivity index is 1.31. The molecule has 1 aromatic heterocycles. The predicted octanol–water partition coefficient (Wildman–Crippen LogP) is 5.64. The molecule has 0 unspecified atom stereocenters. The van der Waals surface area contributed by atoms with Crippen molar-refractivity contribution in [2.75, 3.05) is 11.9 Å². The number of anilines is 1. The molecule has 4 rings (SSSR count). The van der Waals surface area contributed by atoms with Crippen LogP contribution in [-0.4, -0.2) is 22.6 Å². The van der Waals surface area contributed by atoms with Gasteiger partial charge in [-0.2, -0.15) is 0 Å². The van der Waals surface area contributed by atoms with Gasteiger partial charge in [0.25, 0.3) is 5.91 Å². The zero-order valence-electron chi connectivity index (χ0n) is 18.6. The number of nitrogens with zero attached hydrogens (tertiary/aromatic N) is 1. The Labute approximate surface area is 198 Å². The van der Waals surface area contributed by atoms with Gasteiger partial charge in [-0.3, -0.25) is 10.1 Å². The average molecular weight is 460 g/mol. The lowest BCUT2D eigenvalue weighted by atomic mass is 10.1. The van der Waals surface area contributed by atoms with Gasteiger partial charge in [0.2, 0.25) is 0 Å². The summed E-state index contributed by atoms with van der Waals surface area (Å²) in [5, 5.41) is 5.96. The van der Waals surface area contributed by atoms with Crippen LogP contribution in [0.2, 0.25) is 0 Å². The summed E-state index contributed by atoms with van der Waals surface area (Å²) in [5.41, 5.74) is 5.15. The number of hydrogen-bond donors (Lipinski definition) is 2. The number of carbonyl (C=O) groups excluding carboxylic acids is 1. The maximum atomic E-state index is 12.4. The molecule has 0 atom stereocenters. The first-order valence-electron chi connectivity index (χ1n) is 10.8. The highest BCUT2D eigenvalue weighted by Crippen LogP contribution is 2.20. The number of carbonyl (C=O) groups is 1. The second kappa shape index (κ2) is 10.3. The summed E-state index contributed by atoms with van der Waals surface area (Å²) in [7, 11) is 0. The van der Waals surface area contributed by atoms with Crippen LogP contribution in [0.15, 0.2) is 71.1 Å². The number of aryl methyl sites for hydroxylation is 1. The number of aromatic nitrogens is 1. The molecule has 0 bridgehead atoms. The van der Waals surface area contributed by atoms with Crippen LogP contribution in [0, 0.1) is 6.92 Å². The zero-order valence-corrected chi connectivity index (χ0v) is 19.4. The van der Waals surface area contributed by atoms with Crippen molar-refractivity contribution < 1.29 is 13.9 Å². The number of hydrogen-bond acceptors (Lipinski definition) is 5. The topological polar surface area (TPSA) is 76.4 Å². The Morgan fingerprint density at radius 3 is 2.55 bits per heavy atom. The summed E-state index contributed by atoms with van der Waals surface area (Å²) < 4.78 is 11.4. The van der Waals surface area contributed by atoms with Gasteiger partial charge in [0, 0.05) is 17.7 Å². The molecule has 0 saturated carbocycles. The fraction of sp³-hybridized carbons (Fsp3) is 0.192. The van der Waals surface area contributed by atoms with Gasteiger partial charge in [-0.05, 0) is 85.2 Å². The molecule has 0 spiro atoms. The van der Waals surface area contributed by atoms with Crippen molar-refractivity contribution in [3.05, 3.63) is 89.3 Å². The van der Waals surface area contributed by atoms with Crippen molar-refractivity contribution in [1.29, 1.82) is 0 Å². The van der Waals surface area contributed by atoms with Gasteiger partial charge in [-0.15, -0.1) is 0 Å². The number of benzene rings is 3. The first-order chi connectivity index (χ1) is 16.0. The smallest absolute Gasteiger partial charge is 0.257 e. The molecule has 0 radical (unpaired) electrons. The largest absolute Gasteiger partial charge is 0.494 e. The van der Waals surface area contributed by atoms with Gasteiger partial charge in [-0.1, -0.05) is 25.1 Å². The van der Waals surface area contributed by atoms with Crippen LogP contribution >= 0.6 is 12.2 Å². The van der Waals surface area contributed by atoms with Crippen LogP contribution < -0.4 is 15.4 Å². The molecule has 1 heterocycles. The molecule has 168 valence electrons. The second-order valence-corrected chi connectivity index (χ2v) is 8.14. The highest BCUT2D eigenvalue weighted by molar-refractivity contribution is 7.80. The lowest BCUT2D eigenvalue weighted by molar-refractivity contribution is 0.0977. The summed E-state index contributed by atoms with van der Waals surface area (Å²) in [6.45, 7) is 4.72. The van der Waals surface area contributed by atoms with Gasteiger partial charge in [0.15, 0.2) is 16.6 Å². The molecule has 2 N–H and O–H groups in total. The first kappa shape index (κ1) is 22.5. The van der Waals surface area contributed by atoms with Crippen LogP contribution in [0.4, 0.5) is 5.69 Å². The molecule has 4 aromatic rings. The van der Waals surface area contributed by atoms with Crippen molar-refractivity contribution in [2.24, 2.45) is 0 Å². The first-order valence-corrected chi connectivity index (χ1v) is 11.2. The Kier molecular flexibility index (Phi) is 7.00. The van der Waals surface area contributed by atoms with Crippen LogP contribution in [0.5, 0.6) is 5.75 Å². The summed E-state index contributed by atoms with van der Waals surface area (Å²) in [4.78, 5) is 17.0. The molecule has 3 aromatic carbocycles. The zero-order chi connectivity index (χ0) is 23.2.